The minimum absolute atomic E-state index is 0.0572. The van der Waals surface area contributed by atoms with Crippen LogP contribution in [0.15, 0.2) is 34.7 Å². The molecule has 37 heavy (non-hydrogen) atoms. The number of fused-ring (bicyclic) bond motifs is 1. The van der Waals surface area contributed by atoms with Gasteiger partial charge in [0.05, 0.1) is 18.5 Å². The van der Waals surface area contributed by atoms with Crippen molar-refractivity contribution in [3.63, 3.8) is 0 Å². The molecule has 4 aliphatic carbocycles. The fourth-order valence-electron chi connectivity index (χ4n) is 7.74. The Kier molecular flexibility index (Phi) is 6.41. The molecule has 5 aliphatic rings. The molecule has 0 atom stereocenters. The number of carbonyl (C=O) groups is 2. The Labute approximate surface area is 219 Å². The number of aryl methyl sites for hydroxylation is 1. The van der Waals surface area contributed by atoms with Gasteiger partial charge in [0, 0.05) is 13.1 Å². The van der Waals surface area contributed by atoms with E-state index in [4.69, 9.17) is 13.9 Å². The fraction of sp³-hybridized carbons (Fsp3) is 0.600. The molecular formula is C30H38N2O5. The van der Waals surface area contributed by atoms with Gasteiger partial charge < -0.3 is 23.7 Å². The van der Waals surface area contributed by atoms with E-state index in [1.807, 2.05) is 42.2 Å². The highest BCUT2D eigenvalue weighted by Gasteiger charge is 2.55. The second-order valence-corrected chi connectivity index (χ2v) is 11.9. The SMILES string of the molecule is CCCN(CC(=O)N(Cc1ccc2c(c1)OCO2)Cc1ccc(C)o1)C(=O)C12CC3CC(CC(C3)C1)C2. The monoisotopic (exact) mass is 506 g/mol. The second kappa shape index (κ2) is 9.73. The summed E-state index contributed by atoms with van der Waals surface area (Å²) in [4.78, 5) is 31.6. The topological polar surface area (TPSA) is 72.2 Å². The lowest BCUT2D eigenvalue weighted by Crippen LogP contribution is -2.56. The van der Waals surface area contributed by atoms with Crippen molar-refractivity contribution in [2.24, 2.45) is 23.2 Å². The van der Waals surface area contributed by atoms with E-state index < -0.39 is 0 Å². The van der Waals surface area contributed by atoms with Gasteiger partial charge in [-0.2, -0.15) is 0 Å². The van der Waals surface area contributed by atoms with Crippen LogP contribution in [0.3, 0.4) is 0 Å². The molecule has 0 unspecified atom stereocenters. The maximum Gasteiger partial charge on any atom is 0.242 e. The number of hydrogen-bond acceptors (Lipinski definition) is 5. The quantitative estimate of drug-likeness (QED) is 0.462. The highest BCUT2D eigenvalue weighted by Crippen LogP contribution is 2.60. The lowest BCUT2D eigenvalue weighted by molar-refractivity contribution is -0.160. The standard InChI is InChI=1S/C30H38N2O5/c1-3-8-31(29(34)30-13-22-9-23(14-30)11-24(10-22)15-30)18-28(33)32(17-25-6-4-20(2)37-25)16-21-5-7-26-27(12-21)36-19-35-26/h4-7,12,22-24H,3,8-11,13-19H2,1-2H3. The van der Waals surface area contributed by atoms with Crippen molar-refractivity contribution in [1.82, 2.24) is 9.80 Å². The predicted molar refractivity (Wildman–Crippen MR) is 138 cm³/mol. The van der Waals surface area contributed by atoms with E-state index in [1.165, 1.54) is 19.3 Å². The molecule has 1 aliphatic heterocycles. The molecule has 7 heteroatoms. The molecule has 0 saturated heterocycles. The Morgan fingerprint density at radius 2 is 1.62 bits per heavy atom. The Bertz CT molecular complexity index is 1140. The number of ether oxygens (including phenoxy) is 2. The Hall–Kier alpha value is -2.96. The van der Waals surface area contributed by atoms with E-state index in [2.05, 4.69) is 6.92 Å². The number of amides is 2. The summed E-state index contributed by atoms with van der Waals surface area (Å²) in [5.41, 5.74) is 0.708. The number of nitrogens with zero attached hydrogens (tertiary/aromatic N) is 2. The highest BCUT2D eigenvalue weighted by molar-refractivity contribution is 5.88. The van der Waals surface area contributed by atoms with Crippen LogP contribution in [0.2, 0.25) is 0 Å². The lowest BCUT2D eigenvalue weighted by Gasteiger charge is -2.56. The van der Waals surface area contributed by atoms with Crippen molar-refractivity contribution in [2.75, 3.05) is 19.9 Å². The smallest absolute Gasteiger partial charge is 0.242 e. The Morgan fingerprint density at radius 1 is 0.919 bits per heavy atom. The Balaban J connectivity index is 1.21. The molecule has 7 rings (SSSR count). The maximum absolute atomic E-state index is 14.1. The van der Waals surface area contributed by atoms with E-state index in [0.717, 1.165) is 48.5 Å². The second-order valence-electron chi connectivity index (χ2n) is 11.9. The summed E-state index contributed by atoms with van der Waals surface area (Å²) >= 11 is 0. The van der Waals surface area contributed by atoms with Crippen LogP contribution in [0.1, 0.15) is 69.0 Å². The molecule has 0 N–H and O–H groups in total. The zero-order valence-electron chi connectivity index (χ0n) is 22.0. The van der Waals surface area contributed by atoms with Crippen LogP contribution in [0.4, 0.5) is 0 Å². The lowest BCUT2D eigenvalue weighted by atomic mass is 9.49. The molecule has 4 fully saturated rings. The molecule has 7 nitrogen and oxygen atoms in total. The van der Waals surface area contributed by atoms with Gasteiger partial charge in [0.25, 0.3) is 0 Å². The molecule has 2 aromatic rings. The van der Waals surface area contributed by atoms with E-state index in [9.17, 15) is 9.59 Å². The molecule has 1 aromatic heterocycles. The first-order chi connectivity index (χ1) is 17.9. The van der Waals surface area contributed by atoms with Gasteiger partial charge in [-0.15, -0.1) is 0 Å². The molecular weight excluding hydrogens is 468 g/mol. The highest BCUT2D eigenvalue weighted by atomic mass is 16.7. The summed E-state index contributed by atoms with van der Waals surface area (Å²) in [6, 6.07) is 9.61. The number of benzene rings is 1. The number of hydrogen-bond donors (Lipinski definition) is 0. The van der Waals surface area contributed by atoms with Crippen LogP contribution in [0.25, 0.3) is 0 Å². The first-order valence-corrected chi connectivity index (χ1v) is 13.9. The molecule has 2 amide bonds. The third-order valence-electron chi connectivity index (χ3n) is 8.90. The third kappa shape index (κ3) is 4.85. The third-order valence-corrected chi connectivity index (χ3v) is 8.90. The molecule has 198 valence electrons. The van der Waals surface area contributed by atoms with E-state index >= 15 is 0 Å². The van der Waals surface area contributed by atoms with Gasteiger partial charge in [0.2, 0.25) is 18.6 Å². The van der Waals surface area contributed by atoms with Gasteiger partial charge in [-0.05, 0) is 99.5 Å². The largest absolute Gasteiger partial charge is 0.464 e. The summed E-state index contributed by atoms with van der Waals surface area (Å²) in [5.74, 6) is 5.21. The van der Waals surface area contributed by atoms with Crippen LogP contribution in [0, 0.1) is 30.1 Å². The predicted octanol–water partition coefficient (Wildman–Crippen LogP) is 5.30. The zero-order chi connectivity index (χ0) is 25.6. The van der Waals surface area contributed by atoms with E-state index in [0.29, 0.717) is 43.1 Å². The van der Waals surface area contributed by atoms with E-state index in [-0.39, 0.29) is 30.6 Å². The van der Waals surface area contributed by atoms with Crippen LogP contribution < -0.4 is 9.47 Å². The number of carbonyl (C=O) groups excluding carboxylic acids is 2. The molecule has 2 heterocycles. The summed E-state index contributed by atoms with van der Waals surface area (Å²) < 4.78 is 16.8. The Morgan fingerprint density at radius 3 is 2.27 bits per heavy atom. The number of rotatable bonds is 9. The van der Waals surface area contributed by atoms with Gasteiger partial charge in [-0.3, -0.25) is 9.59 Å². The molecule has 0 radical (unpaired) electrons. The van der Waals surface area contributed by atoms with Gasteiger partial charge in [-0.1, -0.05) is 13.0 Å². The summed E-state index contributed by atoms with van der Waals surface area (Å²) in [7, 11) is 0. The van der Waals surface area contributed by atoms with Crippen molar-refractivity contribution in [3.8, 4) is 11.5 Å². The van der Waals surface area contributed by atoms with Crippen molar-refractivity contribution in [3.05, 3.63) is 47.4 Å². The molecule has 1 aromatic carbocycles. The van der Waals surface area contributed by atoms with Crippen LogP contribution in [-0.4, -0.2) is 41.5 Å². The summed E-state index contributed by atoms with van der Waals surface area (Å²) in [6.45, 7) is 5.68. The molecule has 4 saturated carbocycles. The first-order valence-electron chi connectivity index (χ1n) is 13.9. The first kappa shape index (κ1) is 24.4. The minimum Gasteiger partial charge on any atom is -0.464 e. The van der Waals surface area contributed by atoms with Crippen molar-refractivity contribution >= 4 is 11.8 Å². The summed E-state index contributed by atoms with van der Waals surface area (Å²) in [6.07, 6.45) is 7.77. The van der Waals surface area contributed by atoms with Crippen LogP contribution in [-0.2, 0) is 22.7 Å². The average Bonchev–Trinajstić information content (AvgIpc) is 3.50. The van der Waals surface area contributed by atoms with Crippen molar-refractivity contribution in [1.29, 1.82) is 0 Å². The van der Waals surface area contributed by atoms with Gasteiger partial charge in [-0.25, -0.2) is 0 Å². The molecule has 0 spiro atoms. The molecule has 4 bridgehead atoms. The fourth-order valence-corrected chi connectivity index (χ4v) is 7.74. The normalized spacial score (nSPS) is 26.9. The van der Waals surface area contributed by atoms with Crippen molar-refractivity contribution < 1.29 is 23.5 Å². The van der Waals surface area contributed by atoms with Gasteiger partial charge >= 0.3 is 0 Å². The number of furan rings is 1. The van der Waals surface area contributed by atoms with Gasteiger partial charge in [0.15, 0.2) is 11.5 Å². The van der Waals surface area contributed by atoms with E-state index in [1.54, 1.807) is 4.90 Å². The van der Waals surface area contributed by atoms with Crippen LogP contribution >= 0.6 is 0 Å². The average molecular weight is 507 g/mol. The summed E-state index contributed by atoms with van der Waals surface area (Å²) in [5, 5.41) is 0. The van der Waals surface area contributed by atoms with Crippen LogP contribution in [0.5, 0.6) is 11.5 Å². The minimum atomic E-state index is -0.246. The van der Waals surface area contributed by atoms with Crippen molar-refractivity contribution in [2.45, 2.75) is 71.9 Å². The van der Waals surface area contributed by atoms with Gasteiger partial charge in [0.1, 0.15) is 11.5 Å². The zero-order valence-corrected chi connectivity index (χ0v) is 22.0. The maximum atomic E-state index is 14.1.